The van der Waals surface area contributed by atoms with Gasteiger partial charge in [0.1, 0.15) is 18.2 Å². The topological polar surface area (TPSA) is 47.9 Å². The molecule has 0 amide bonds. The number of ether oxygens (including phenoxy) is 1. The molecule has 1 aliphatic rings. The van der Waals surface area contributed by atoms with Crippen LogP contribution in [0.25, 0.3) is 6.08 Å². The second-order valence-electron chi connectivity index (χ2n) is 5.18. The summed E-state index contributed by atoms with van der Waals surface area (Å²) in [6.45, 7) is 1.76. The summed E-state index contributed by atoms with van der Waals surface area (Å²) in [4.78, 5) is 16.1. The van der Waals surface area contributed by atoms with Gasteiger partial charge in [0.25, 0.3) is 0 Å². The van der Waals surface area contributed by atoms with Crippen molar-refractivity contribution in [3.8, 4) is 5.75 Å². The Morgan fingerprint density at radius 3 is 2.75 bits per heavy atom. The number of nitrogens with zero attached hydrogens (tertiary/aromatic N) is 1. The molecule has 0 bridgehead atoms. The van der Waals surface area contributed by atoms with Crippen molar-refractivity contribution in [3.05, 3.63) is 70.0 Å². The molecular weight excluding hydrogens is 333 g/mol. The summed E-state index contributed by atoms with van der Waals surface area (Å²) >= 11 is 6.20. The maximum absolute atomic E-state index is 13.6. The maximum Gasteiger partial charge on any atom is 0.367 e. The molecule has 0 spiro atoms. The number of hydrogen-bond donors (Lipinski definition) is 0. The van der Waals surface area contributed by atoms with Gasteiger partial charge in [0.05, 0.1) is 16.3 Å². The molecule has 0 atom stereocenters. The second-order valence-corrected chi connectivity index (χ2v) is 5.59. The van der Waals surface area contributed by atoms with E-state index in [0.29, 0.717) is 33.2 Å². The summed E-state index contributed by atoms with van der Waals surface area (Å²) in [6.07, 6.45) is 1.64. The van der Waals surface area contributed by atoms with Gasteiger partial charge in [-0.15, -0.1) is 0 Å². The van der Waals surface area contributed by atoms with Gasteiger partial charge in [-0.05, 0) is 36.8 Å². The first-order chi connectivity index (χ1) is 11.5. The summed E-state index contributed by atoms with van der Waals surface area (Å²) in [5, 5.41) is 3.97. The van der Waals surface area contributed by atoms with Crippen LogP contribution in [0, 0.1) is 5.82 Å². The van der Waals surface area contributed by atoms with Crippen molar-refractivity contribution in [2.24, 2.45) is 5.16 Å². The highest BCUT2D eigenvalue weighted by atomic mass is 35.5. The van der Waals surface area contributed by atoms with Gasteiger partial charge in [0.2, 0.25) is 0 Å². The fourth-order valence-electron chi connectivity index (χ4n) is 2.18. The van der Waals surface area contributed by atoms with Crippen LogP contribution in [0.3, 0.4) is 0 Å². The minimum Gasteiger partial charge on any atom is -0.487 e. The second kappa shape index (κ2) is 6.84. The molecule has 0 fully saturated rings. The molecule has 0 aromatic heterocycles. The fraction of sp³-hybridized carbons (Fsp3) is 0.111. The molecule has 6 heteroatoms. The first-order valence-electron chi connectivity index (χ1n) is 7.18. The molecular formula is C18H13ClFNO3. The first-order valence-corrected chi connectivity index (χ1v) is 7.56. The number of oxime groups is 1. The van der Waals surface area contributed by atoms with Crippen LogP contribution >= 0.6 is 11.6 Å². The van der Waals surface area contributed by atoms with Crippen molar-refractivity contribution in [1.29, 1.82) is 0 Å². The predicted molar refractivity (Wildman–Crippen MR) is 89.4 cm³/mol. The fourth-order valence-corrected chi connectivity index (χ4v) is 2.42. The molecule has 2 aromatic carbocycles. The molecule has 2 aromatic rings. The molecule has 1 aliphatic heterocycles. The van der Waals surface area contributed by atoms with E-state index in [4.69, 9.17) is 16.3 Å². The van der Waals surface area contributed by atoms with Crippen LogP contribution < -0.4 is 4.74 Å². The van der Waals surface area contributed by atoms with Crippen LogP contribution in [-0.2, 0) is 16.2 Å². The van der Waals surface area contributed by atoms with Crippen molar-refractivity contribution in [2.75, 3.05) is 0 Å². The average molecular weight is 346 g/mol. The normalized spacial score (nSPS) is 15.4. The van der Waals surface area contributed by atoms with Crippen LogP contribution in [0.15, 0.2) is 53.2 Å². The summed E-state index contributed by atoms with van der Waals surface area (Å²) in [6, 6.07) is 11.5. The molecule has 0 radical (unpaired) electrons. The van der Waals surface area contributed by atoms with Crippen LogP contribution in [0.2, 0.25) is 5.02 Å². The lowest BCUT2D eigenvalue weighted by atomic mass is 10.1. The van der Waals surface area contributed by atoms with E-state index in [2.05, 4.69) is 9.99 Å². The van der Waals surface area contributed by atoms with E-state index in [9.17, 15) is 9.18 Å². The third kappa shape index (κ3) is 3.46. The molecule has 4 nitrogen and oxygen atoms in total. The zero-order valence-electron chi connectivity index (χ0n) is 12.8. The highest BCUT2D eigenvalue weighted by molar-refractivity contribution is 6.32. The first kappa shape index (κ1) is 16.2. The third-order valence-corrected chi connectivity index (χ3v) is 3.78. The van der Waals surface area contributed by atoms with Gasteiger partial charge in [0.15, 0.2) is 0 Å². The number of benzene rings is 2. The number of carbonyl (C=O) groups is 1. The minimum absolute atomic E-state index is 0.0743. The Bertz CT molecular complexity index is 861. The van der Waals surface area contributed by atoms with Crippen molar-refractivity contribution in [3.63, 3.8) is 0 Å². The zero-order valence-corrected chi connectivity index (χ0v) is 13.5. The molecule has 24 heavy (non-hydrogen) atoms. The quantitative estimate of drug-likeness (QED) is 0.610. The molecule has 0 unspecified atom stereocenters. The Kier molecular flexibility index (Phi) is 4.62. The average Bonchev–Trinajstić information content (AvgIpc) is 2.87. The summed E-state index contributed by atoms with van der Waals surface area (Å²) in [7, 11) is 0. The molecule has 0 N–H and O–H groups in total. The summed E-state index contributed by atoms with van der Waals surface area (Å²) in [5.41, 5.74) is 2.05. The molecule has 122 valence electrons. The molecule has 0 saturated heterocycles. The standard InChI is InChI=1S/C18H13ClFNO3/c1-11-14(18(22)24-21-11)8-12-6-7-17(15(19)9-12)23-10-13-4-2-3-5-16(13)20/h2-9H,10H2,1H3. The van der Waals surface area contributed by atoms with Gasteiger partial charge in [-0.3, -0.25) is 0 Å². The molecule has 0 aliphatic carbocycles. The zero-order chi connectivity index (χ0) is 17.1. The van der Waals surface area contributed by atoms with Crippen LogP contribution in [-0.4, -0.2) is 11.7 Å². The van der Waals surface area contributed by atoms with E-state index < -0.39 is 5.97 Å². The third-order valence-electron chi connectivity index (χ3n) is 3.48. The van der Waals surface area contributed by atoms with E-state index >= 15 is 0 Å². The van der Waals surface area contributed by atoms with E-state index in [0.717, 1.165) is 0 Å². The van der Waals surface area contributed by atoms with E-state index in [-0.39, 0.29) is 12.4 Å². The summed E-state index contributed by atoms with van der Waals surface area (Å²) in [5.74, 6) is -0.394. The summed E-state index contributed by atoms with van der Waals surface area (Å²) < 4.78 is 19.1. The van der Waals surface area contributed by atoms with E-state index in [1.165, 1.54) is 6.07 Å². The van der Waals surface area contributed by atoms with Crippen LogP contribution in [0.5, 0.6) is 5.75 Å². The smallest absolute Gasteiger partial charge is 0.367 e. The Labute approximate surface area is 143 Å². The van der Waals surface area contributed by atoms with E-state index in [1.807, 2.05) is 0 Å². The lowest BCUT2D eigenvalue weighted by Gasteiger charge is -2.09. The Morgan fingerprint density at radius 1 is 1.29 bits per heavy atom. The SMILES string of the molecule is CC1=NOC(=O)C1=Cc1ccc(OCc2ccccc2F)c(Cl)c1. The van der Waals surface area contributed by atoms with Gasteiger partial charge < -0.3 is 9.57 Å². The highest BCUT2D eigenvalue weighted by Gasteiger charge is 2.21. The van der Waals surface area contributed by atoms with Gasteiger partial charge in [-0.1, -0.05) is 41.0 Å². The predicted octanol–water partition coefficient (Wildman–Crippen LogP) is 4.37. The lowest BCUT2D eigenvalue weighted by Crippen LogP contribution is -2.02. The largest absolute Gasteiger partial charge is 0.487 e. The lowest BCUT2D eigenvalue weighted by molar-refractivity contribution is -0.136. The van der Waals surface area contributed by atoms with Crippen LogP contribution in [0.1, 0.15) is 18.1 Å². The maximum atomic E-state index is 13.6. The Morgan fingerprint density at radius 2 is 2.08 bits per heavy atom. The molecule has 1 heterocycles. The number of carbonyl (C=O) groups excluding carboxylic acids is 1. The number of halogens is 2. The van der Waals surface area contributed by atoms with Gasteiger partial charge >= 0.3 is 5.97 Å². The van der Waals surface area contributed by atoms with Gasteiger partial charge in [-0.25, -0.2) is 9.18 Å². The van der Waals surface area contributed by atoms with E-state index in [1.54, 1.807) is 49.4 Å². The monoisotopic (exact) mass is 345 g/mol. The molecule has 0 saturated carbocycles. The van der Waals surface area contributed by atoms with Gasteiger partial charge in [0, 0.05) is 5.56 Å². The Balaban J connectivity index is 1.76. The Hall–Kier alpha value is -2.66. The van der Waals surface area contributed by atoms with Crippen molar-refractivity contribution in [2.45, 2.75) is 13.5 Å². The highest BCUT2D eigenvalue weighted by Crippen LogP contribution is 2.28. The van der Waals surface area contributed by atoms with Crippen molar-refractivity contribution in [1.82, 2.24) is 0 Å². The van der Waals surface area contributed by atoms with Crippen molar-refractivity contribution >= 4 is 29.4 Å². The molecule has 3 rings (SSSR count). The van der Waals surface area contributed by atoms with Crippen LogP contribution in [0.4, 0.5) is 4.39 Å². The minimum atomic E-state index is -0.497. The number of hydrogen-bond acceptors (Lipinski definition) is 4. The van der Waals surface area contributed by atoms with Crippen molar-refractivity contribution < 1.29 is 18.8 Å². The van der Waals surface area contributed by atoms with Gasteiger partial charge in [-0.2, -0.15) is 0 Å². The number of rotatable bonds is 4.